The van der Waals surface area contributed by atoms with Gasteiger partial charge in [-0.1, -0.05) is 29.8 Å². The van der Waals surface area contributed by atoms with Crippen molar-refractivity contribution in [3.63, 3.8) is 0 Å². The van der Waals surface area contributed by atoms with Crippen LogP contribution in [0.25, 0.3) is 10.9 Å². The predicted octanol–water partition coefficient (Wildman–Crippen LogP) is 4.34. The number of carbonyl (C=O) groups is 1. The van der Waals surface area contributed by atoms with Crippen LogP contribution in [0.15, 0.2) is 52.6 Å². The SMILES string of the molecule is Cc1cc(C)c(SCC(=O)N/N=C/c2cccc3[nH]ccc23)c(C)c1. The summed E-state index contributed by atoms with van der Waals surface area (Å²) in [7, 11) is 0. The third kappa shape index (κ3) is 4.12. The Morgan fingerprint density at radius 3 is 2.72 bits per heavy atom. The highest BCUT2D eigenvalue weighted by atomic mass is 32.2. The first-order chi connectivity index (χ1) is 12.0. The third-order valence-corrected chi connectivity index (χ3v) is 5.31. The number of fused-ring (bicyclic) bond motifs is 1. The molecule has 0 saturated heterocycles. The maximum atomic E-state index is 12.1. The molecule has 2 aromatic carbocycles. The molecule has 0 aliphatic heterocycles. The average molecular weight is 351 g/mol. The fourth-order valence-electron chi connectivity index (χ4n) is 2.96. The Balaban J connectivity index is 1.59. The van der Waals surface area contributed by atoms with Crippen LogP contribution in [-0.2, 0) is 4.79 Å². The molecule has 0 aliphatic carbocycles. The van der Waals surface area contributed by atoms with E-state index in [9.17, 15) is 4.79 Å². The fraction of sp³-hybridized carbons (Fsp3) is 0.200. The number of nitrogens with one attached hydrogen (secondary N) is 2. The molecule has 25 heavy (non-hydrogen) atoms. The number of aryl methyl sites for hydroxylation is 3. The van der Waals surface area contributed by atoms with Crippen LogP contribution in [0.5, 0.6) is 0 Å². The largest absolute Gasteiger partial charge is 0.361 e. The number of amides is 1. The second-order valence-electron chi connectivity index (χ2n) is 6.10. The summed E-state index contributed by atoms with van der Waals surface area (Å²) < 4.78 is 0. The van der Waals surface area contributed by atoms with Crippen molar-refractivity contribution in [1.82, 2.24) is 10.4 Å². The Morgan fingerprint density at radius 2 is 1.96 bits per heavy atom. The maximum absolute atomic E-state index is 12.1. The number of H-pyrrole nitrogens is 1. The Kier molecular flexibility index (Phi) is 5.24. The molecule has 5 heteroatoms. The number of nitrogens with zero attached hydrogens (tertiary/aromatic N) is 1. The number of thioether (sulfide) groups is 1. The molecule has 2 N–H and O–H groups in total. The van der Waals surface area contributed by atoms with Crippen molar-refractivity contribution in [3.8, 4) is 0 Å². The molecule has 0 saturated carbocycles. The second kappa shape index (κ2) is 7.57. The lowest BCUT2D eigenvalue weighted by atomic mass is 10.1. The minimum absolute atomic E-state index is 0.109. The highest BCUT2D eigenvalue weighted by Gasteiger charge is 2.08. The molecule has 0 bridgehead atoms. The van der Waals surface area contributed by atoms with E-state index in [2.05, 4.69) is 48.4 Å². The summed E-state index contributed by atoms with van der Waals surface area (Å²) in [5, 5.41) is 5.17. The molecule has 0 radical (unpaired) electrons. The fourth-order valence-corrected chi connectivity index (χ4v) is 3.87. The van der Waals surface area contributed by atoms with E-state index < -0.39 is 0 Å². The van der Waals surface area contributed by atoms with Crippen LogP contribution < -0.4 is 5.43 Å². The molecule has 1 heterocycles. The number of hydrazone groups is 1. The molecule has 0 fully saturated rings. The molecule has 0 aliphatic rings. The van der Waals surface area contributed by atoms with Crippen molar-refractivity contribution < 1.29 is 4.79 Å². The van der Waals surface area contributed by atoms with Gasteiger partial charge in [-0.05, 0) is 44.0 Å². The van der Waals surface area contributed by atoms with E-state index in [-0.39, 0.29) is 5.91 Å². The lowest BCUT2D eigenvalue weighted by Gasteiger charge is -2.10. The quantitative estimate of drug-likeness (QED) is 0.408. The minimum atomic E-state index is -0.109. The minimum Gasteiger partial charge on any atom is -0.361 e. The van der Waals surface area contributed by atoms with Crippen molar-refractivity contribution in [2.45, 2.75) is 25.7 Å². The number of hydrogen-bond donors (Lipinski definition) is 2. The summed E-state index contributed by atoms with van der Waals surface area (Å²) in [6.07, 6.45) is 3.57. The average Bonchev–Trinajstić information content (AvgIpc) is 3.03. The van der Waals surface area contributed by atoms with Gasteiger partial charge in [0.25, 0.3) is 0 Å². The smallest absolute Gasteiger partial charge is 0.250 e. The number of aromatic amines is 1. The van der Waals surface area contributed by atoms with E-state index >= 15 is 0 Å². The summed E-state index contributed by atoms with van der Waals surface area (Å²) in [6.45, 7) is 6.24. The normalized spacial score (nSPS) is 11.3. The Morgan fingerprint density at radius 1 is 1.20 bits per heavy atom. The van der Waals surface area contributed by atoms with Crippen LogP contribution in [0, 0.1) is 20.8 Å². The summed E-state index contributed by atoms with van der Waals surface area (Å²) in [4.78, 5) is 16.4. The lowest BCUT2D eigenvalue weighted by molar-refractivity contribution is -0.118. The van der Waals surface area contributed by atoms with Crippen LogP contribution >= 0.6 is 11.8 Å². The van der Waals surface area contributed by atoms with Gasteiger partial charge in [-0.3, -0.25) is 4.79 Å². The second-order valence-corrected chi connectivity index (χ2v) is 7.08. The van der Waals surface area contributed by atoms with Gasteiger partial charge in [-0.25, -0.2) is 5.43 Å². The molecule has 128 valence electrons. The molecule has 0 atom stereocenters. The van der Waals surface area contributed by atoms with E-state index in [1.54, 1.807) is 18.0 Å². The first-order valence-corrected chi connectivity index (χ1v) is 9.12. The number of benzene rings is 2. The molecular formula is C20H21N3OS. The van der Waals surface area contributed by atoms with Crippen LogP contribution in [0.4, 0.5) is 0 Å². The molecule has 3 rings (SSSR count). The highest BCUT2D eigenvalue weighted by molar-refractivity contribution is 8.00. The van der Waals surface area contributed by atoms with Gasteiger partial charge in [0.05, 0.1) is 12.0 Å². The molecule has 1 amide bonds. The molecule has 1 aromatic heterocycles. The highest BCUT2D eigenvalue weighted by Crippen LogP contribution is 2.27. The maximum Gasteiger partial charge on any atom is 0.250 e. The van der Waals surface area contributed by atoms with Gasteiger partial charge in [0, 0.05) is 27.6 Å². The summed E-state index contributed by atoms with van der Waals surface area (Å²) in [5.41, 5.74) is 8.29. The van der Waals surface area contributed by atoms with E-state index in [0.717, 1.165) is 16.5 Å². The zero-order valence-electron chi connectivity index (χ0n) is 14.6. The van der Waals surface area contributed by atoms with Gasteiger partial charge in [-0.2, -0.15) is 5.10 Å². The topological polar surface area (TPSA) is 57.2 Å². The number of carbonyl (C=O) groups excluding carboxylic acids is 1. The Labute approximate surface area is 151 Å². The lowest BCUT2D eigenvalue weighted by Crippen LogP contribution is -2.19. The van der Waals surface area contributed by atoms with E-state index in [1.807, 2.05) is 30.5 Å². The summed E-state index contributed by atoms with van der Waals surface area (Å²) in [5.74, 6) is 0.234. The van der Waals surface area contributed by atoms with Crippen LogP contribution in [0.2, 0.25) is 0 Å². The molecular weight excluding hydrogens is 330 g/mol. The van der Waals surface area contributed by atoms with E-state index in [1.165, 1.54) is 21.6 Å². The van der Waals surface area contributed by atoms with Crippen molar-refractivity contribution in [1.29, 1.82) is 0 Å². The summed E-state index contributed by atoms with van der Waals surface area (Å²) in [6, 6.07) is 12.2. The molecule has 0 spiro atoms. The Hall–Kier alpha value is -2.53. The van der Waals surface area contributed by atoms with Gasteiger partial charge in [0.1, 0.15) is 0 Å². The third-order valence-electron chi connectivity index (χ3n) is 3.97. The molecule has 0 unspecified atom stereocenters. The van der Waals surface area contributed by atoms with Crippen molar-refractivity contribution >= 4 is 34.8 Å². The van der Waals surface area contributed by atoms with Gasteiger partial charge < -0.3 is 4.98 Å². The molecule has 3 aromatic rings. The first kappa shape index (κ1) is 17.3. The zero-order chi connectivity index (χ0) is 17.8. The zero-order valence-corrected chi connectivity index (χ0v) is 15.4. The van der Waals surface area contributed by atoms with E-state index in [0.29, 0.717) is 5.75 Å². The number of rotatable bonds is 5. The van der Waals surface area contributed by atoms with Crippen LogP contribution in [0.3, 0.4) is 0 Å². The van der Waals surface area contributed by atoms with Crippen LogP contribution in [0.1, 0.15) is 22.3 Å². The van der Waals surface area contributed by atoms with Crippen molar-refractivity contribution in [2.75, 3.05) is 5.75 Å². The number of hydrogen-bond acceptors (Lipinski definition) is 3. The monoisotopic (exact) mass is 351 g/mol. The van der Waals surface area contributed by atoms with Gasteiger partial charge in [0.15, 0.2) is 0 Å². The van der Waals surface area contributed by atoms with E-state index in [4.69, 9.17) is 0 Å². The summed E-state index contributed by atoms with van der Waals surface area (Å²) >= 11 is 1.55. The number of aromatic nitrogens is 1. The standard InChI is InChI=1S/C20H21N3OS/c1-13-9-14(2)20(15(3)10-13)25-12-19(24)23-22-11-16-5-4-6-18-17(16)7-8-21-18/h4-11,21H,12H2,1-3H3,(H,23,24)/b22-11+. The molecule has 4 nitrogen and oxygen atoms in total. The van der Waals surface area contributed by atoms with Gasteiger partial charge in [0.2, 0.25) is 5.91 Å². The van der Waals surface area contributed by atoms with Crippen molar-refractivity contribution in [2.24, 2.45) is 5.10 Å². The first-order valence-electron chi connectivity index (χ1n) is 8.13. The van der Waals surface area contributed by atoms with Gasteiger partial charge in [-0.15, -0.1) is 11.8 Å². The Bertz CT molecular complexity index is 920. The predicted molar refractivity (Wildman–Crippen MR) is 105 cm³/mol. The van der Waals surface area contributed by atoms with Crippen LogP contribution in [-0.4, -0.2) is 22.9 Å². The van der Waals surface area contributed by atoms with Crippen molar-refractivity contribution in [3.05, 3.63) is 64.8 Å². The van der Waals surface area contributed by atoms with Gasteiger partial charge >= 0.3 is 0 Å².